The molecule has 2 saturated heterocycles. The molecule has 1 aromatic rings. The largest absolute Gasteiger partial charge is 0.486 e. The number of alkyl halides is 3. The van der Waals surface area contributed by atoms with Gasteiger partial charge in [-0.05, 0) is 39.3 Å². The third-order valence-electron chi connectivity index (χ3n) is 5.39. The Balaban J connectivity index is 1.81. The smallest absolute Gasteiger partial charge is 0.419 e. The van der Waals surface area contributed by atoms with Crippen LogP contribution in [0.2, 0.25) is 0 Å². The van der Waals surface area contributed by atoms with Crippen LogP contribution >= 0.6 is 0 Å². The normalized spacial score (nSPS) is 35.0. The Labute approximate surface area is 133 Å². The highest BCUT2D eigenvalue weighted by Gasteiger charge is 2.53. The second-order valence-corrected chi connectivity index (χ2v) is 7.21. The van der Waals surface area contributed by atoms with Crippen LogP contribution in [0.5, 0.6) is 5.75 Å². The highest BCUT2D eigenvalue weighted by molar-refractivity contribution is 5.47. The molecule has 3 aliphatic rings. The van der Waals surface area contributed by atoms with E-state index >= 15 is 0 Å². The zero-order chi connectivity index (χ0) is 16.4. The summed E-state index contributed by atoms with van der Waals surface area (Å²) in [4.78, 5) is 0. The fourth-order valence-corrected chi connectivity index (χ4v) is 4.22. The Bertz CT molecular complexity index is 629. The minimum Gasteiger partial charge on any atom is -0.486 e. The van der Waals surface area contributed by atoms with Crippen molar-refractivity contribution in [3.8, 4) is 5.75 Å². The summed E-state index contributed by atoms with van der Waals surface area (Å²) in [6.07, 6.45) is -2.92. The van der Waals surface area contributed by atoms with Gasteiger partial charge in [-0.3, -0.25) is 0 Å². The Hall–Kier alpha value is -1.27. The molecule has 3 aliphatic heterocycles. The molecule has 2 fully saturated rings. The molecule has 126 valence electrons. The van der Waals surface area contributed by atoms with Crippen molar-refractivity contribution >= 4 is 0 Å². The molecule has 0 unspecified atom stereocenters. The van der Waals surface area contributed by atoms with Crippen molar-refractivity contribution in [2.24, 2.45) is 5.92 Å². The molecule has 0 saturated carbocycles. The van der Waals surface area contributed by atoms with Crippen molar-refractivity contribution in [2.45, 2.75) is 56.7 Å². The Kier molecular flexibility index (Phi) is 3.23. The molecule has 23 heavy (non-hydrogen) atoms. The molecule has 0 bridgehead atoms. The fraction of sp³-hybridized carbons (Fsp3) is 0.647. The zero-order valence-corrected chi connectivity index (χ0v) is 13.1. The lowest BCUT2D eigenvalue weighted by Crippen LogP contribution is -2.53. The first-order chi connectivity index (χ1) is 10.8. The second-order valence-electron chi connectivity index (χ2n) is 7.21. The number of benzene rings is 1. The van der Waals surface area contributed by atoms with Crippen LogP contribution in [0.3, 0.4) is 0 Å². The fourth-order valence-electron chi connectivity index (χ4n) is 4.22. The first-order valence-corrected chi connectivity index (χ1v) is 8.05. The van der Waals surface area contributed by atoms with E-state index in [9.17, 15) is 13.2 Å². The first-order valence-electron chi connectivity index (χ1n) is 8.05. The van der Waals surface area contributed by atoms with Crippen molar-refractivity contribution in [3.05, 3.63) is 29.3 Å². The summed E-state index contributed by atoms with van der Waals surface area (Å²) < 4.78 is 52.1. The van der Waals surface area contributed by atoms with Crippen LogP contribution in [-0.4, -0.2) is 24.3 Å². The number of ether oxygens (including phenoxy) is 2. The molecular weight excluding hydrogens is 307 g/mol. The molecule has 3 heterocycles. The van der Waals surface area contributed by atoms with Crippen molar-refractivity contribution in [1.82, 2.24) is 5.32 Å². The number of hydrogen-bond donors (Lipinski definition) is 1. The topological polar surface area (TPSA) is 30.5 Å². The van der Waals surface area contributed by atoms with E-state index in [4.69, 9.17) is 9.47 Å². The summed E-state index contributed by atoms with van der Waals surface area (Å²) in [7, 11) is 0. The van der Waals surface area contributed by atoms with Crippen LogP contribution < -0.4 is 10.1 Å². The molecule has 0 amide bonds. The van der Waals surface area contributed by atoms with Gasteiger partial charge >= 0.3 is 6.18 Å². The number of hydrogen-bond acceptors (Lipinski definition) is 3. The van der Waals surface area contributed by atoms with Crippen molar-refractivity contribution in [3.63, 3.8) is 0 Å². The quantitative estimate of drug-likeness (QED) is 0.788. The molecule has 4 rings (SSSR count). The lowest BCUT2D eigenvalue weighted by atomic mass is 9.73. The number of rotatable bonds is 0. The van der Waals surface area contributed by atoms with Crippen molar-refractivity contribution in [2.75, 3.05) is 6.54 Å². The van der Waals surface area contributed by atoms with Crippen LogP contribution in [0.25, 0.3) is 0 Å². The van der Waals surface area contributed by atoms with Crippen LogP contribution in [0.4, 0.5) is 13.2 Å². The van der Waals surface area contributed by atoms with E-state index < -0.39 is 17.3 Å². The summed E-state index contributed by atoms with van der Waals surface area (Å²) >= 11 is 0. The molecule has 1 aromatic carbocycles. The van der Waals surface area contributed by atoms with Gasteiger partial charge < -0.3 is 14.8 Å². The zero-order valence-electron chi connectivity index (χ0n) is 13.1. The summed E-state index contributed by atoms with van der Waals surface area (Å²) in [5.74, 6) is -0.0269. The third-order valence-corrected chi connectivity index (χ3v) is 5.39. The molecule has 4 atom stereocenters. The first kappa shape index (κ1) is 15.3. The summed E-state index contributed by atoms with van der Waals surface area (Å²) in [5, 5.41) is 3.43. The van der Waals surface area contributed by atoms with E-state index in [1.807, 2.05) is 13.8 Å². The minimum atomic E-state index is -4.43. The van der Waals surface area contributed by atoms with Gasteiger partial charge in [0.2, 0.25) is 0 Å². The number of nitrogens with one attached hydrogen (secondary N) is 1. The van der Waals surface area contributed by atoms with E-state index in [1.54, 1.807) is 6.07 Å². The number of para-hydroxylation sites is 1. The van der Waals surface area contributed by atoms with Gasteiger partial charge in [0.25, 0.3) is 0 Å². The Morgan fingerprint density at radius 1 is 1.26 bits per heavy atom. The maximum absolute atomic E-state index is 13.3. The molecule has 0 spiro atoms. The maximum Gasteiger partial charge on any atom is 0.419 e. The molecule has 0 aromatic heterocycles. The Morgan fingerprint density at radius 3 is 2.78 bits per heavy atom. The van der Waals surface area contributed by atoms with E-state index in [0.717, 1.165) is 25.5 Å². The van der Waals surface area contributed by atoms with Crippen molar-refractivity contribution < 1.29 is 22.6 Å². The number of fused-ring (bicyclic) bond motifs is 4. The summed E-state index contributed by atoms with van der Waals surface area (Å²) in [5.41, 5.74) is -0.875. The van der Waals surface area contributed by atoms with Crippen LogP contribution in [0.15, 0.2) is 18.2 Å². The van der Waals surface area contributed by atoms with Crippen LogP contribution in [-0.2, 0) is 10.9 Å². The van der Waals surface area contributed by atoms with Gasteiger partial charge in [0.05, 0.1) is 17.8 Å². The molecule has 3 nitrogen and oxygen atoms in total. The van der Waals surface area contributed by atoms with Gasteiger partial charge in [-0.15, -0.1) is 0 Å². The Morgan fingerprint density at radius 2 is 2.04 bits per heavy atom. The van der Waals surface area contributed by atoms with Gasteiger partial charge in [0.1, 0.15) is 11.4 Å². The van der Waals surface area contributed by atoms with E-state index in [-0.39, 0.29) is 29.9 Å². The lowest BCUT2D eigenvalue weighted by molar-refractivity contribution is -0.161. The van der Waals surface area contributed by atoms with E-state index in [1.165, 1.54) is 6.07 Å². The maximum atomic E-state index is 13.3. The van der Waals surface area contributed by atoms with Crippen LogP contribution in [0.1, 0.15) is 43.9 Å². The molecule has 6 heteroatoms. The van der Waals surface area contributed by atoms with E-state index in [0.29, 0.717) is 5.56 Å². The van der Waals surface area contributed by atoms with Gasteiger partial charge in [-0.25, -0.2) is 0 Å². The van der Waals surface area contributed by atoms with Gasteiger partial charge in [-0.2, -0.15) is 13.2 Å². The van der Waals surface area contributed by atoms with Crippen molar-refractivity contribution in [1.29, 1.82) is 0 Å². The average Bonchev–Trinajstić information content (AvgIpc) is 2.91. The van der Waals surface area contributed by atoms with Gasteiger partial charge in [0.15, 0.2) is 0 Å². The summed E-state index contributed by atoms with van der Waals surface area (Å²) in [6.45, 7) is 4.62. The highest BCUT2D eigenvalue weighted by Crippen LogP contribution is 2.54. The lowest BCUT2D eigenvalue weighted by Gasteiger charge is -2.50. The SMILES string of the molecule is CC1(C)Oc2c(cccc2C(F)(F)F)[C@@H]2O[C@@H]3CCN[C@@H]3C[C@H]21. The van der Waals surface area contributed by atoms with E-state index in [2.05, 4.69) is 5.32 Å². The summed E-state index contributed by atoms with van der Waals surface area (Å²) in [6, 6.07) is 4.51. The molecular formula is C17H20F3NO2. The van der Waals surface area contributed by atoms with Crippen LogP contribution in [0, 0.1) is 5.92 Å². The molecule has 0 radical (unpaired) electrons. The highest BCUT2D eigenvalue weighted by atomic mass is 19.4. The predicted molar refractivity (Wildman–Crippen MR) is 78.3 cm³/mol. The van der Waals surface area contributed by atoms with Gasteiger partial charge in [0, 0.05) is 17.5 Å². The number of halogens is 3. The monoisotopic (exact) mass is 327 g/mol. The standard InChI is InChI=1S/C17H20F3NO2/c1-16(2)11-8-12-13(6-7-21-12)22-14(11)9-4-3-5-10(15(9)23-16)17(18,19)20/h3-5,11-14,21H,6-8H2,1-2H3/t11-,12-,13-,14+/m1/s1. The predicted octanol–water partition coefficient (Wildman–Crippen LogP) is 3.68. The van der Waals surface area contributed by atoms with Gasteiger partial charge in [-0.1, -0.05) is 12.1 Å². The average molecular weight is 327 g/mol. The second kappa shape index (κ2) is 4.86. The molecule has 0 aliphatic carbocycles. The molecule has 1 N–H and O–H groups in total. The minimum absolute atomic E-state index is 0.0327. The third kappa shape index (κ3) is 2.34.